The summed E-state index contributed by atoms with van der Waals surface area (Å²) in [5.41, 5.74) is 13.3. The van der Waals surface area contributed by atoms with Crippen LogP contribution in [-0.2, 0) is 0 Å². The number of aromatic nitrogens is 2. The maximum absolute atomic E-state index is 11.4. The van der Waals surface area contributed by atoms with Crippen LogP contribution in [-0.4, -0.2) is 29.6 Å². The van der Waals surface area contributed by atoms with Crippen LogP contribution in [0.3, 0.4) is 0 Å². The van der Waals surface area contributed by atoms with Gasteiger partial charge in [-0.3, -0.25) is 9.59 Å². The van der Waals surface area contributed by atoms with Crippen molar-refractivity contribution < 1.29 is 9.59 Å². The average molecular weight is 319 g/mol. The molecule has 0 spiro atoms. The smallest absolute Gasteiger partial charge is 0.248 e. The lowest BCUT2D eigenvalue weighted by Gasteiger charge is -2.09. The van der Waals surface area contributed by atoms with Crippen LogP contribution in [0.1, 0.15) is 20.7 Å². The summed E-state index contributed by atoms with van der Waals surface area (Å²) in [7, 11) is 1.99. The molecule has 1 heterocycles. The summed E-state index contributed by atoms with van der Waals surface area (Å²) in [6.07, 6.45) is 1.70. The molecule has 0 radical (unpaired) electrons. The zero-order valence-electron chi connectivity index (χ0n) is 12.9. The van der Waals surface area contributed by atoms with Crippen molar-refractivity contribution in [2.45, 2.75) is 0 Å². The molecule has 24 heavy (non-hydrogen) atoms. The molecule has 0 saturated heterocycles. The number of nitrogens with zero attached hydrogens (tertiary/aromatic N) is 2. The molecule has 1 aromatic heterocycles. The van der Waals surface area contributed by atoms with E-state index in [9.17, 15) is 9.59 Å². The number of hydrogen-bond donors (Lipinski definition) is 3. The predicted octanol–water partition coefficient (Wildman–Crippen LogP) is -0.170. The van der Waals surface area contributed by atoms with E-state index in [-0.39, 0.29) is 11.1 Å². The van der Waals surface area contributed by atoms with Crippen molar-refractivity contribution >= 4 is 47.7 Å². The first-order chi connectivity index (χ1) is 11.4. The van der Waals surface area contributed by atoms with Gasteiger partial charge in [-0.15, -0.1) is 0 Å². The highest BCUT2D eigenvalue weighted by atomic mass is 16.1. The normalized spacial score (nSPS) is 10.5. The van der Waals surface area contributed by atoms with Crippen LogP contribution >= 0.6 is 0 Å². The molecule has 118 valence electrons. The van der Waals surface area contributed by atoms with Crippen molar-refractivity contribution in [1.29, 1.82) is 0 Å². The Labute approximate surface area is 138 Å². The van der Waals surface area contributed by atoms with Gasteiger partial charge in [0.15, 0.2) is 0 Å². The van der Waals surface area contributed by atoms with Gasteiger partial charge >= 0.3 is 0 Å². The summed E-state index contributed by atoms with van der Waals surface area (Å²) in [5.74, 6) is -0.976. The molecular weight excluding hydrogens is 305 g/mol. The fourth-order valence-corrected chi connectivity index (χ4v) is 2.33. The molecule has 0 bridgehead atoms. The van der Waals surface area contributed by atoms with Gasteiger partial charge in [-0.1, -0.05) is 17.6 Å². The molecule has 7 nitrogen and oxygen atoms in total. The zero-order valence-corrected chi connectivity index (χ0v) is 12.9. The lowest BCUT2D eigenvalue weighted by molar-refractivity contribution is 0.0999. The van der Waals surface area contributed by atoms with E-state index in [1.165, 1.54) is 18.2 Å². The Morgan fingerprint density at radius 1 is 1.00 bits per heavy atom. The summed E-state index contributed by atoms with van der Waals surface area (Å²) in [6.45, 7) is 0. The second kappa shape index (κ2) is 6.00. The molecule has 2 amide bonds. The van der Waals surface area contributed by atoms with Crippen LogP contribution in [0.4, 0.5) is 11.6 Å². The highest BCUT2D eigenvalue weighted by molar-refractivity contribution is 6.33. The zero-order chi connectivity index (χ0) is 17.3. The van der Waals surface area contributed by atoms with Gasteiger partial charge in [0.05, 0.1) is 5.52 Å². The number of hydrogen-bond acceptors (Lipinski definition) is 5. The molecule has 5 N–H and O–H groups in total. The number of nitrogens with two attached hydrogens (primary N) is 2. The Morgan fingerprint density at radius 3 is 2.29 bits per heavy atom. The fourth-order valence-electron chi connectivity index (χ4n) is 2.33. The van der Waals surface area contributed by atoms with E-state index >= 15 is 0 Å². The Kier molecular flexibility index (Phi) is 3.87. The molecule has 0 fully saturated rings. The molecule has 0 unspecified atom stereocenters. The molecule has 3 rings (SSSR count). The van der Waals surface area contributed by atoms with E-state index in [0.717, 1.165) is 16.4 Å². The number of amides is 2. The van der Waals surface area contributed by atoms with Crippen molar-refractivity contribution in [1.82, 2.24) is 9.97 Å². The first-order valence-electron chi connectivity index (χ1n) is 7.17. The molecular formula is C16H14BN5O2. The highest BCUT2D eigenvalue weighted by Gasteiger charge is 2.10. The minimum Gasteiger partial charge on any atom is -0.366 e. The third-order valence-electron chi connectivity index (χ3n) is 3.49. The van der Waals surface area contributed by atoms with Crippen molar-refractivity contribution in [3.63, 3.8) is 0 Å². The number of nitrogens with one attached hydrogen (secondary N) is 1. The van der Waals surface area contributed by atoms with Crippen molar-refractivity contribution in [2.24, 2.45) is 11.5 Å². The number of fused-ring (bicyclic) bond motifs is 1. The van der Waals surface area contributed by atoms with E-state index in [1.54, 1.807) is 6.20 Å². The van der Waals surface area contributed by atoms with Crippen LogP contribution in [0, 0.1) is 0 Å². The van der Waals surface area contributed by atoms with Gasteiger partial charge in [0.2, 0.25) is 17.8 Å². The van der Waals surface area contributed by atoms with Crippen LogP contribution in [0.25, 0.3) is 10.9 Å². The third kappa shape index (κ3) is 3.17. The van der Waals surface area contributed by atoms with Crippen LogP contribution in [0.15, 0.2) is 42.6 Å². The largest absolute Gasteiger partial charge is 0.366 e. The lowest BCUT2D eigenvalue weighted by Crippen LogP contribution is -2.16. The van der Waals surface area contributed by atoms with Gasteiger partial charge in [0.1, 0.15) is 7.85 Å². The number of rotatable bonds is 4. The lowest BCUT2D eigenvalue weighted by atomic mass is 9.95. The Hall–Kier alpha value is -3.42. The number of benzene rings is 2. The topological polar surface area (TPSA) is 124 Å². The molecule has 3 aromatic rings. The van der Waals surface area contributed by atoms with E-state index < -0.39 is 11.8 Å². The minimum absolute atomic E-state index is 0.171. The van der Waals surface area contributed by atoms with Crippen molar-refractivity contribution in [3.05, 3.63) is 53.7 Å². The maximum Gasteiger partial charge on any atom is 0.248 e. The summed E-state index contributed by atoms with van der Waals surface area (Å²) in [4.78, 5) is 31.4. The second-order valence-electron chi connectivity index (χ2n) is 5.41. The monoisotopic (exact) mass is 319 g/mol. The molecule has 8 heteroatoms. The van der Waals surface area contributed by atoms with Gasteiger partial charge in [-0.2, -0.15) is 0 Å². The summed E-state index contributed by atoms with van der Waals surface area (Å²) < 4.78 is 0. The first-order valence-corrected chi connectivity index (χ1v) is 7.17. The van der Waals surface area contributed by atoms with Crippen LogP contribution in [0.2, 0.25) is 0 Å². The van der Waals surface area contributed by atoms with E-state index in [1.807, 2.05) is 26.0 Å². The number of carbonyl (C=O) groups excluding carboxylic acids is 2. The van der Waals surface area contributed by atoms with Gasteiger partial charge in [-0.05, 0) is 24.3 Å². The molecule has 0 atom stereocenters. The molecule has 0 aliphatic heterocycles. The SMILES string of the molecule is Bc1ccc2nc(Nc3cc(C(N)=O)cc(C(N)=O)c3)ncc2c1. The third-order valence-corrected chi connectivity index (χ3v) is 3.49. The quantitative estimate of drug-likeness (QED) is 0.576. The molecule has 0 aliphatic carbocycles. The molecule has 0 saturated carbocycles. The van der Waals surface area contributed by atoms with Crippen molar-refractivity contribution in [3.8, 4) is 0 Å². The van der Waals surface area contributed by atoms with Crippen LogP contribution < -0.4 is 22.2 Å². The first kappa shape index (κ1) is 15.5. The summed E-state index contributed by atoms with van der Waals surface area (Å²) in [6, 6.07) is 10.2. The molecule has 2 aromatic carbocycles. The second-order valence-corrected chi connectivity index (χ2v) is 5.41. The maximum atomic E-state index is 11.4. The molecule has 0 aliphatic rings. The Balaban J connectivity index is 1.99. The van der Waals surface area contributed by atoms with Crippen LogP contribution in [0.5, 0.6) is 0 Å². The Morgan fingerprint density at radius 2 is 1.67 bits per heavy atom. The number of anilines is 2. The van der Waals surface area contributed by atoms with E-state index in [2.05, 4.69) is 15.3 Å². The highest BCUT2D eigenvalue weighted by Crippen LogP contribution is 2.19. The van der Waals surface area contributed by atoms with E-state index in [0.29, 0.717) is 11.6 Å². The standard InChI is InChI=1S/C16H14BN5O2/c17-11-1-2-13-10(4-11)7-20-16(22-13)21-12-5-8(14(18)23)3-9(6-12)15(19)24/h1-7H,17H2,(H2,18,23)(H2,19,24)(H,20,21,22). The average Bonchev–Trinajstić information content (AvgIpc) is 2.54. The van der Waals surface area contributed by atoms with Gasteiger partial charge in [0.25, 0.3) is 0 Å². The number of primary amides is 2. The minimum atomic E-state index is -0.656. The fraction of sp³-hybridized carbons (Fsp3) is 0. The summed E-state index contributed by atoms with van der Waals surface area (Å²) in [5, 5.41) is 3.88. The van der Waals surface area contributed by atoms with Gasteiger partial charge in [-0.25, -0.2) is 9.97 Å². The Bertz CT molecular complexity index is 942. The van der Waals surface area contributed by atoms with Crippen molar-refractivity contribution in [2.75, 3.05) is 5.32 Å². The van der Waals surface area contributed by atoms with E-state index in [4.69, 9.17) is 11.5 Å². The predicted molar refractivity (Wildman–Crippen MR) is 94.5 cm³/mol. The summed E-state index contributed by atoms with van der Waals surface area (Å²) >= 11 is 0. The number of carbonyl (C=O) groups is 2. The van der Waals surface area contributed by atoms with Gasteiger partial charge < -0.3 is 16.8 Å². The van der Waals surface area contributed by atoms with Gasteiger partial charge in [0, 0.05) is 28.4 Å².